The number of hydrogen-bond acceptors (Lipinski definition) is 6. The van der Waals surface area contributed by atoms with Crippen LogP contribution in [0.3, 0.4) is 0 Å². The van der Waals surface area contributed by atoms with Gasteiger partial charge in [0.05, 0.1) is 17.8 Å². The number of rotatable bonds is 6. The maximum absolute atomic E-state index is 13.0. The molecule has 1 aliphatic heterocycles. The molecule has 0 saturated carbocycles. The molecule has 0 aliphatic carbocycles. The van der Waals surface area contributed by atoms with Gasteiger partial charge in [-0.15, -0.1) is 0 Å². The molecule has 0 unspecified atom stereocenters. The van der Waals surface area contributed by atoms with Gasteiger partial charge >= 0.3 is 12.0 Å². The smallest absolute Gasteiger partial charge is 0.341 e. The standard InChI is InChI=1S/C21H16BrClN2O7/c1-10-5-12(3-4-14(10)22)25-20(29)13(19(28)24-21(25)30)6-11-7-15(23)18(16(8-11)31-2)32-9-17(26)27/h3-8H,9H2,1-2H3,(H,26,27)(H,24,28,30)/b13-6+. The number of urea groups is 1. The van der Waals surface area contributed by atoms with Crippen LogP contribution in [-0.2, 0) is 14.4 Å². The van der Waals surface area contributed by atoms with Crippen LogP contribution in [0.15, 0.2) is 40.4 Å². The summed E-state index contributed by atoms with van der Waals surface area (Å²) in [5, 5.41) is 11.0. The second-order valence-electron chi connectivity index (χ2n) is 6.61. The van der Waals surface area contributed by atoms with Crippen LogP contribution in [0.2, 0.25) is 5.02 Å². The van der Waals surface area contributed by atoms with Crippen LogP contribution in [0.25, 0.3) is 6.08 Å². The van der Waals surface area contributed by atoms with Crippen LogP contribution in [0, 0.1) is 6.92 Å². The van der Waals surface area contributed by atoms with Crippen molar-refractivity contribution in [3.63, 3.8) is 0 Å². The summed E-state index contributed by atoms with van der Waals surface area (Å²) >= 11 is 9.54. The number of nitrogens with zero attached hydrogens (tertiary/aromatic N) is 1. The second kappa shape index (κ2) is 9.41. The number of benzene rings is 2. The van der Waals surface area contributed by atoms with Crippen molar-refractivity contribution < 1.29 is 33.8 Å². The third-order valence-corrected chi connectivity index (χ3v) is 5.57. The minimum atomic E-state index is -1.20. The minimum Gasteiger partial charge on any atom is -0.493 e. The number of carboxylic acid groups (broad SMARTS) is 1. The number of carbonyl (C=O) groups excluding carboxylic acids is 3. The summed E-state index contributed by atoms with van der Waals surface area (Å²) in [5.74, 6) is -2.79. The van der Waals surface area contributed by atoms with Crippen molar-refractivity contribution >= 4 is 63.1 Å². The number of barbiturate groups is 1. The van der Waals surface area contributed by atoms with E-state index in [1.165, 1.54) is 25.3 Å². The molecular formula is C21H16BrClN2O7. The van der Waals surface area contributed by atoms with Crippen molar-refractivity contribution in [3.05, 3.63) is 56.5 Å². The van der Waals surface area contributed by atoms with Gasteiger partial charge in [0, 0.05) is 4.47 Å². The molecule has 9 nitrogen and oxygen atoms in total. The van der Waals surface area contributed by atoms with Gasteiger partial charge in [-0.3, -0.25) is 14.9 Å². The highest BCUT2D eigenvalue weighted by atomic mass is 79.9. The summed E-state index contributed by atoms with van der Waals surface area (Å²) in [6, 6.07) is 6.80. The van der Waals surface area contributed by atoms with Gasteiger partial charge in [0.15, 0.2) is 18.1 Å². The Morgan fingerprint density at radius 3 is 2.59 bits per heavy atom. The van der Waals surface area contributed by atoms with Gasteiger partial charge in [-0.2, -0.15) is 0 Å². The summed E-state index contributed by atoms with van der Waals surface area (Å²) < 4.78 is 11.1. The second-order valence-corrected chi connectivity index (χ2v) is 7.87. The molecule has 1 fully saturated rings. The van der Waals surface area contributed by atoms with Crippen LogP contribution in [-0.4, -0.2) is 42.6 Å². The van der Waals surface area contributed by atoms with Crippen molar-refractivity contribution in [1.29, 1.82) is 0 Å². The van der Waals surface area contributed by atoms with Crippen molar-refractivity contribution in [2.75, 3.05) is 18.6 Å². The van der Waals surface area contributed by atoms with Gasteiger partial charge < -0.3 is 14.6 Å². The molecule has 0 bridgehead atoms. The van der Waals surface area contributed by atoms with E-state index >= 15 is 0 Å². The summed E-state index contributed by atoms with van der Waals surface area (Å²) in [6.07, 6.45) is 1.25. The molecule has 1 heterocycles. The Labute approximate surface area is 195 Å². The van der Waals surface area contributed by atoms with Gasteiger partial charge in [-0.05, 0) is 54.5 Å². The lowest BCUT2D eigenvalue weighted by Gasteiger charge is -2.26. The van der Waals surface area contributed by atoms with Crippen LogP contribution in [0.4, 0.5) is 10.5 Å². The van der Waals surface area contributed by atoms with E-state index in [0.717, 1.165) is 14.9 Å². The van der Waals surface area contributed by atoms with E-state index in [9.17, 15) is 19.2 Å². The monoisotopic (exact) mass is 522 g/mol. The van der Waals surface area contributed by atoms with Crippen molar-refractivity contribution in [3.8, 4) is 11.5 Å². The Morgan fingerprint density at radius 2 is 1.97 bits per heavy atom. The number of anilines is 1. The number of amides is 4. The summed E-state index contributed by atoms with van der Waals surface area (Å²) in [6.45, 7) is 1.16. The quantitative estimate of drug-likeness (QED) is 0.438. The first kappa shape index (κ1) is 23.3. The molecule has 2 aromatic rings. The van der Waals surface area contributed by atoms with Crippen LogP contribution < -0.4 is 19.7 Å². The number of imide groups is 2. The maximum Gasteiger partial charge on any atom is 0.341 e. The number of aliphatic carboxylic acids is 1. The molecule has 32 heavy (non-hydrogen) atoms. The fourth-order valence-electron chi connectivity index (χ4n) is 2.92. The topological polar surface area (TPSA) is 122 Å². The number of carboxylic acids is 1. The highest BCUT2D eigenvalue weighted by molar-refractivity contribution is 9.10. The lowest BCUT2D eigenvalue weighted by molar-refractivity contribution is -0.139. The summed E-state index contributed by atoms with van der Waals surface area (Å²) in [7, 11) is 1.32. The fraction of sp³-hybridized carbons (Fsp3) is 0.143. The Bertz CT molecular complexity index is 1180. The molecule has 2 aromatic carbocycles. The van der Waals surface area contributed by atoms with E-state index in [2.05, 4.69) is 21.2 Å². The number of nitrogens with one attached hydrogen (secondary N) is 1. The molecule has 0 radical (unpaired) electrons. The van der Waals surface area contributed by atoms with E-state index < -0.39 is 30.4 Å². The third kappa shape index (κ3) is 4.76. The Balaban J connectivity index is 2.01. The predicted octanol–water partition coefficient (Wildman–Crippen LogP) is 3.55. The summed E-state index contributed by atoms with van der Waals surface area (Å²) in [4.78, 5) is 49.4. The predicted molar refractivity (Wildman–Crippen MR) is 119 cm³/mol. The van der Waals surface area contributed by atoms with Crippen LogP contribution >= 0.6 is 27.5 Å². The maximum atomic E-state index is 13.0. The van der Waals surface area contributed by atoms with E-state index in [4.69, 9.17) is 26.2 Å². The normalized spacial score (nSPS) is 15.1. The minimum absolute atomic E-state index is 0.000260. The Morgan fingerprint density at radius 1 is 1.25 bits per heavy atom. The first-order valence-electron chi connectivity index (χ1n) is 9.02. The van der Waals surface area contributed by atoms with Crippen LogP contribution in [0.1, 0.15) is 11.1 Å². The van der Waals surface area contributed by atoms with Gasteiger partial charge in [-0.1, -0.05) is 27.5 Å². The lowest BCUT2D eigenvalue weighted by atomic mass is 10.1. The highest BCUT2D eigenvalue weighted by Crippen LogP contribution is 2.37. The number of hydrogen-bond donors (Lipinski definition) is 2. The number of carbonyl (C=O) groups is 4. The molecule has 1 aliphatic rings. The summed E-state index contributed by atoms with van der Waals surface area (Å²) in [5.41, 5.74) is 1.08. The van der Waals surface area contributed by atoms with E-state index in [-0.39, 0.29) is 22.1 Å². The van der Waals surface area contributed by atoms with Gasteiger partial charge in [0.25, 0.3) is 11.8 Å². The molecular weight excluding hydrogens is 508 g/mol. The first-order chi connectivity index (χ1) is 15.1. The molecule has 11 heteroatoms. The fourth-order valence-corrected chi connectivity index (χ4v) is 3.44. The Hall–Kier alpha value is -3.37. The number of halogens is 2. The molecule has 0 atom stereocenters. The van der Waals surface area contributed by atoms with E-state index in [1.807, 2.05) is 0 Å². The van der Waals surface area contributed by atoms with Crippen molar-refractivity contribution in [1.82, 2.24) is 5.32 Å². The largest absolute Gasteiger partial charge is 0.493 e. The molecule has 1 saturated heterocycles. The third-order valence-electron chi connectivity index (χ3n) is 4.40. The van der Waals surface area contributed by atoms with Gasteiger partial charge in [-0.25, -0.2) is 14.5 Å². The van der Waals surface area contributed by atoms with Crippen molar-refractivity contribution in [2.45, 2.75) is 6.92 Å². The number of ether oxygens (including phenoxy) is 2. The van der Waals surface area contributed by atoms with Crippen LogP contribution in [0.5, 0.6) is 11.5 Å². The molecule has 0 spiro atoms. The van der Waals surface area contributed by atoms with E-state index in [0.29, 0.717) is 11.3 Å². The lowest BCUT2D eigenvalue weighted by Crippen LogP contribution is -2.54. The SMILES string of the molecule is COc1cc(/C=C2\C(=O)NC(=O)N(c3ccc(Br)c(C)c3)C2=O)cc(Cl)c1OCC(=O)O. The molecule has 3 rings (SSSR count). The average Bonchev–Trinajstić information content (AvgIpc) is 2.72. The molecule has 2 N–H and O–H groups in total. The average molecular weight is 524 g/mol. The number of aryl methyl sites for hydroxylation is 1. The number of methoxy groups -OCH3 is 1. The Kier molecular flexibility index (Phi) is 6.85. The van der Waals surface area contributed by atoms with E-state index in [1.54, 1.807) is 25.1 Å². The van der Waals surface area contributed by atoms with Crippen molar-refractivity contribution in [2.24, 2.45) is 0 Å². The zero-order valence-corrected chi connectivity index (χ0v) is 19.1. The zero-order valence-electron chi connectivity index (χ0n) is 16.8. The first-order valence-corrected chi connectivity index (χ1v) is 10.2. The highest BCUT2D eigenvalue weighted by Gasteiger charge is 2.37. The zero-order chi connectivity index (χ0) is 23.6. The molecule has 166 valence electrons. The molecule has 4 amide bonds. The van der Waals surface area contributed by atoms with Gasteiger partial charge in [0.2, 0.25) is 0 Å². The van der Waals surface area contributed by atoms with Gasteiger partial charge in [0.1, 0.15) is 5.57 Å². The molecule has 0 aromatic heterocycles.